The summed E-state index contributed by atoms with van der Waals surface area (Å²) in [5.41, 5.74) is 0.576. The Morgan fingerprint density at radius 2 is 2.00 bits per heavy atom. The first kappa shape index (κ1) is 14.0. The van der Waals surface area contributed by atoms with E-state index in [0.29, 0.717) is 13.2 Å². The molecule has 1 saturated heterocycles. The van der Waals surface area contributed by atoms with Gasteiger partial charge in [-0.1, -0.05) is 0 Å². The standard InChI is InChI=1S/C12H18IN3O2/c1-8-9(13)10(14-2)16-11(15-8)12(17-3)4-6-18-7-5-12/h4-7H2,1-3H3,(H,14,15,16). The lowest BCUT2D eigenvalue weighted by molar-refractivity contribution is -0.1000. The summed E-state index contributed by atoms with van der Waals surface area (Å²) in [6.07, 6.45) is 1.60. The van der Waals surface area contributed by atoms with Crippen molar-refractivity contribution in [3.63, 3.8) is 0 Å². The van der Waals surface area contributed by atoms with Crippen molar-refractivity contribution in [1.29, 1.82) is 0 Å². The topological polar surface area (TPSA) is 56.3 Å². The van der Waals surface area contributed by atoms with Crippen molar-refractivity contribution >= 4 is 28.4 Å². The molecule has 6 heteroatoms. The number of hydrogen-bond donors (Lipinski definition) is 1. The highest BCUT2D eigenvalue weighted by atomic mass is 127. The van der Waals surface area contributed by atoms with Crippen LogP contribution in [0.1, 0.15) is 24.4 Å². The second kappa shape index (κ2) is 5.66. The highest BCUT2D eigenvalue weighted by Crippen LogP contribution is 2.34. The van der Waals surface area contributed by atoms with Gasteiger partial charge >= 0.3 is 0 Å². The predicted molar refractivity (Wildman–Crippen MR) is 77.8 cm³/mol. The number of aryl methyl sites for hydroxylation is 1. The van der Waals surface area contributed by atoms with Crippen LogP contribution in [-0.2, 0) is 15.1 Å². The Kier molecular flexibility index (Phi) is 4.39. The average Bonchev–Trinajstić information content (AvgIpc) is 2.42. The van der Waals surface area contributed by atoms with Gasteiger partial charge in [0.05, 0.1) is 9.26 Å². The highest BCUT2D eigenvalue weighted by Gasteiger charge is 2.38. The molecule has 1 aliphatic heterocycles. The maximum Gasteiger partial charge on any atom is 0.163 e. The number of methoxy groups -OCH3 is 1. The Balaban J connectivity index is 2.45. The molecule has 1 aromatic heterocycles. The van der Waals surface area contributed by atoms with Gasteiger partial charge in [-0.2, -0.15) is 0 Å². The molecule has 1 aromatic rings. The average molecular weight is 363 g/mol. The molecule has 0 aromatic carbocycles. The van der Waals surface area contributed by atoms with Crippen molar-refractivity contribution in [2.24, 2.45) is 0 Å². The zero-order valence-electron chi connectivity index (χ0n) is 10.9. The van der Waals surface area contributed by atoms with Crippen molar-refractivity contribution in [2.45, 2.75) is 25.4 Å². The van der Waals surface area contributed by atoms with E-state index in [-0.39, 0.29) is 0 Å². The summed E-state index contributed by atoms with van der Waals surface area (Å²) < 4.78 is 12.2. The van der Waals surface area contributed by atoms with E-state index >= 15 is 0 Å². The molecule has 0 saturated carbocycles. The second-order valence-electron chi connectivity index (χ2n) is 4.36. The Bertz CT molecular complexity index is 434. The largest absolute Gasteiger partial charge is 0.381 e. The molecule has 0 aliphatic carbocycles. The number of rotatable bonds is 3. The van der Waals surface area contributed by atoms with E-state index in [9.17, 15) is 0 Å². The quantitative estimate of drug-likeness (QED) is 0.834. The molecule has 5 nitrogen and oxygen atoms in total. The van der Waals surface area contributed by atoms with Gasteiger partial charge in [-0.3, -0.25) is 0 Å². The molecule has 0 unspecified atom stereocenters. The summed E-state index contributed by atoms with van der Waals surface area (Å²) in [4.78, 5) is 9.22. The van der Waals surface area contributed by atoms with Gasteiger partial charge in [-0.05, 0) is 29.5 Å². The minimum absolute atomic E-state index is 0.404. The zero-order chi connectivity index (χ0) is 13.2. The number of anilines is 1. The lowest BCUT2D eigenvalue weighted by Gasteiger charge is -2.34. The van der Waals surface area contributed by atoms with Gasteiger partial charge in [0.2, 0.25) is 0 Å². The van der Waals surface area contributed by atoms with E-state index in [1.165, 1.54) is 0 Å². The Morgan fingerprint density at radius 3 is 2.56 bits per heavy atom. The first-order valence-corrected chi connectivity index (χ1v) is 7.06. The molecule has 0 radical (unpaired) electrons. The molecule has 1 aliphatic rings. The number of ether oxygens (including phenoxy) is 2. The summed E-state index contributed by atoms with van der Waals surface area (Å²) in [7, 11) is 3.60. The molecule has 2 heterocycles. The van der Waals surface area contributed by atoms with Crippen LogP contribution in [0.4, 0.5) is 5.82 Å². The van der Waals surface area contributed by atoms with Crippen molar-refractivity contribution < 1.29 is 9.47 Å². The zero-order valence-corrected chi connectivity index (χ0v) is 13.1. The van der Waals surface area contributed by atoms with E-state index in [1.807, 2.05) is 14.0 Å². The third-order valence-corrected chi connectivity index (χ3v) is 4.64. The van der Waals surface area contributed by atoms with Gasteiger partial charge in [0.15, 0.2) is 5.82 Å². The van der Waals surface area contributed by atoms with Crippen molar-refractivity contribution in [3.8, 4) is 0 Å². The minimum Gasteiger partial charge on any atom is -0.381 e. The molecule has 1 fully saturated rings. The van der Waals surface area contributed by atoms with Crippen LogP contribution in [-0.4, -0.2) is 37.3 Å². The molecule has 0 amide bonds. The predicted octanol–water partition coefficient (Wildman–Crippen LogP) is 2.08. The van der Waals surface area contributed by atoms with E-state index in [4.69, 9.17) is 9.47 Å². The van der Waals surface area contributed by atoms with Gasteiger partial charge in [0.25, 0.3) is 0 Å². The number of nitrogens with one attached hydrogen (secondary N) is 1. The number of halogens is 1. The third-order valence-electron chi connectivity index (χ3n) is 3.35. The smallest absolute Gasteiger partial charge is 0.163 e. The third kappa shape index (κ3) is 2.46. The molecule has 0 atom stereocenters. The summed E-state index contributed by atoms with van der Waals surface area (Å²) in [5.74, 6) is 1.62. The fraction of sp³-hybridized carbons (Fsp3) is 0.667. The maximum absolute atomic E-state index is 5.72. The summed E-state index contributed by atoms with van der Waals surface area (Å²) in [6, 6.07) is 0. The van der Waals surface area contributed by atoms with Gasteiger partial charge < -0.3 is 14.8 Å². The number of nitrogens with zero attached hydrogens (tertiary/aromatic N) is 2. The molecule has 2 rings (SSSR count). The van der Waals surface area contributed by atoms with Crippen molar-refractivity contribution in [1.82, 2.24) is 9.97 Å². The Morgan fingerprint density at radius 1 is 1.33 bits per heavy atom. The van der Waals surface area contributed by atoms with Crippen LogP contribution >= 0.6 is 22.6 Å². The van der Waals surface area contributed by atoms with E-state index in [2.05, 4.69) is 37.9 Å². The normalized spacial score (nSPS) is 18.7. The van der Waals surface area contributed by atoms with Crippen LogP contribution in [0.15, 0.2) is 0 Å². The first-order valence-electron chi connectivity index (χ1n) is 5.98. The lowest BCUT2D eigenvalue weighted by atomic mass is 9.93. The summed E-state index contributed by atoms with van der Waals surface area (Å²) >= 11 is 2.26. The van der Waals surface area contributed by atoms with Crippen LogP contribution in [0.5, 0.6) is 0 Å². The number of hydrogen-bond acceptors (Lipinski definition) is 5. The molecular weight excluding hydrogens is 345 g/mol. The maximum atomic E-state index is 5.72. The minimum atomic E-state index is -0.404. The van der Waals surface area contributed by atoms with Crippen LogP contribution in [0, 0.1) is 10.5 Å². The fourth-order valence-corrected chi connectivity index (χ4v) is 2.66. The molecule has 1 N–H and O–H groups in total. The molecule has 100 valence electrons. The Hall–Kier alpha value is -0.470. The van der Waals surface area contributed by atoms with Gasteiger partial charge in [0.1, 0.15) is 11.4 Å². The molecule has 0 bridgehead atoms. The monoisotopic (exact) mass is 363 g/mol. The van der Waals surface area contributed by atoms with Crippen LogP contribution in [0.25, 0.3) is 0 Å². The highest BCUT2D eigenvalue weighted by molar-refractivity contribution is 14.1. The van der Waals surface area contributed by atoms with E-state index in [0.717, 1.165) is 33.7 Å². The number of aromatic nitrogens is 2. The molecule has 18 heavy (non-hydrogen) atoms. The van der Waals surface area contributed by atoms with Crippen LogP contribution in [0.3, 0.4) is 0 Å². The van der Waals surface area contributed by atoms with Crippen molar-refractivity contribution in [2.75, 3.05) is 32.7 Å². The summed E-state index contributed by atoms with van der Waals surface area (Å²) in [5, 5.41) is 3.11. The van der Waals surface area contributed by atoms with E-state index < -0.39 is 5.60 Å². The van der Waals surface area contributed by atoms with Crippen LogP contribution in [0.2, 0.25) is 0 Å². The van der Waals surface area contributed by atoms with Crippen molar-refractivity contribution in [3.05, 3.63) is 15.1 Å². The van der Waals surface area contributed by atoms with Crippen LogP contribution < -0.4 is 5.32 Å². The van der Waals surface area contributed by atoms with Gasteiger partial charge in [-0.25, -0.2) is 9.97 Å². The second-order valence-corrected chi connectivity index (χ2v) is 5.43. The SMILES string of the molecule is CNc1nc(C2(OC)CCOCC2)nc(C)c1I. The summed E-state index contributed by atoms with van der Waals surface area (Å²) in [6.45, 7) is 3.38. The fourth-order valence-electron chi connectivity index (χ4n) is 2.15. The molecule has 0 spiro atoms. The lowest BCUT2D eigenvalue weighted by Crippen LogP contribution is -2.37. The van der Waals surface area contributed by atoms with Gasteiger partial charge in [-0.15, -0.1) is 0 Å². The first-order chi connectivity index (χ1) is 8.63. The Labute approximate surface area is 121 Å². The van der Waals surface area contributed by atoms with E-state index in [1.54, 1.807) is 7.11 Å². The molecular formula is C12H18IN3O2. The van der Waals surface area contributed by atoms with Gasteiger partial charge in [0, 0.05) is 40.2 Å².